The zero-order valence-corrected chi connectivity index (χ0v) is 11.6. The van der Waals surface area contributed by atoms with Crippen LogP contribution in [0.25, 0.3) is 0 Å². The molecule has 21 heavy (non-hydrogen) atoms. The first-order valence-corrected chi connectivity index (χ1v) is 6.85. The lowest BCUT2D eigenvalue weighted by Gasteiger charge is -2.16. The smallest absolute Gasteiger partial charge is 0.265 e. The molecule has 2 heterocycles. The van der Waals surface area contributed by atoms with E-state index >= 15 is 0 Å². The fraction of sp³-hybridized carbons (Fsp3) is 0.667. The van der Waals surface area contributed by atoms with E-state index in [1.807, 2.05) is 11.0 Å². The summed E-state index contributed by atoms with van der Waals surface area (Å²) in [6, 6.07) is 0. The number of carbonyl (C=O) groups is 4. The van der Waals surface area contributed by atoms with Gasteiger partial charge in [-0.15, -0.1) is 0 Å². The number of amides is 4. The quantitative estimate of drug-likeness (QED) is 0.569. The van der Waals surface area contributed by atoms with E-state index < -0.39 is 11.8 Å². The molecular formula is C12H18N4O5. The first-order chi connectivity index (χ1) is 10.1. The molecule has 9 heteroatoms. The Morgan fingerprint density at radius 3 is 1.67 bits per heavy atom. The molecule has 0 unspecified atom stereocenters. The van der Waals surface area contributed by atoms with Crippen molar-refractivity contribution in [3.05, 3.63) is 0 Å². The van der Waals surface area contributed by atoms with Crippen LogP contribution in [0.1, 0.15) is 25.7 Å². The maximum Gasteiger partial charge on any atom is 0.265 e. The average Bonchev–Trinajstić information content (AvgIpc) is 3.00. The second-order valence-electron chi connectivity index (χ2n) is 4.99. The lowest BCUT2D eigenvalue weighted by molar-refractivity contribution is -0.154. The predicted molar refractivity (Wildman–Crippen MR) is 69.0 cm³/mol. The van der Waals surface area contributed by atoms with Crippen molar-refractivity contribution in [3.8, 4) is 0 Å². The maximum absolute atomic E-state index is 11.5. The van der Waals surface area contributed by atoms with Gasteiger partial charge in [-0.25, -0.2) is 11.0 Å². The minimum atomic E-state index is -0.525. The Hall–Kier alpha value is -2.16. The van der Waals surface area contributed by atoms with Crippen LogP contribution >= 0.6 is 0 Å². The molecule has 0 aromatic carbocycles. The molecule has 0 aromatic heterocycles. The lowest BCUT2D eigenvalue weighted by Crippen LogP contribution is -2.44. The van der Waals surface area contributed by atoms with Gasteiger partial charge in [-0.05, 0) is 12.8 Å². The third-order valence-corrected chi connectivity index (χ3v) is 3.34. The summed E-state index contributed by atoms with van der Waals surface area (Å²) in [6.45, 7) is 0.907. The van der Waals surface area contributed by atoms with Crippen LogP contribution in [0.3, 0.4) is 0 Å². The highest BCUT2D eigenvalue weighted by atomic mass is 16.8. The Kier molecular flexibility index (Phi) is 5.09. The number of carbonyl (C=O) groups excluding carboxylic acids is 4. The molecule has 2 N–H and O–H groups in total. The fourth-order valence-corrected chi connectivity index (χ4v) is 2.29. The van der Waals surface area contributed by atoms with E-state index in [1.165, 1.54) is 9.80 Å². The van der Waals surface area contributed by atoms with Crippen LogP contribution in [0.5, 0.6) is 0 Å². The summed E-state index contributed by atoms with van der Waals surface area (Å²) in [4.78, 5) is 53.0. The number of hydrogen-bond acceptors (Lipinski definition) is 5. The van der Waals surface area contributed by atoms with Crippen LogP contribution < -0.4 is 11.0 Å². The Labute approximate surface area is 121 Å². The molecule has 2 fully saturated rings. The molecule has 0 radical (unpaired) electrons. The van der Waals surface area contributed by atoms with E-state index in [2.05, 4.69) is 4.94 Å². The van der Waals surface area contributed by atoms with E-state index in [9.17, 15) is 19.2 Å². The topological polar surface area (TPSA) is 108 Å². The number of nitrogens with one attached hydrogen (secondary N) is 2. The summed E-state index contributed by atoms with van der Waals surface area (Å²) in [5.41, 5.74) is 4.06. The van der Waals surface area contributed by atoms with Crippen molar-refractivity contribution in [2.75, 3.05) is 26.2 Å². The van der Waals surface area contributed by atoms with E-state index in [0.29, 0.717) is 25.9 Å². The summed E-state index contributed by atoms with van der Waals surface area (Å²) in [7, 11) is 0. The molecule has 2 aliphatic heterocycles. The van der Waals surface area contributed by atoms with Gasteiger partial charge in [0.25, 0.3) is 11.8 Å². The van der Waals surface area contributed by atoms with Gasteiger partial charge in [0, 0.05) is 25.9 Å². The third-order valence-electron chi connectivity index (χ3n) is 3.34. The molecule has 2 aliphatic rings. The molecule has 116 valence electrons. The zero-order valence-electron chi connectivity index (χ0n) is 11.6. The van der Waals surface area contributed by atoms with Crippen molar-refractivity contribution in [1.29, 1.82) is 0 Å². The first kappa shape index (κ1) is 15.2. The highest BCUT2D eigenvalue weighted by Crippen LogP contribution is 2.09. The van der Waals surface area contributed by atoms with Crippen molar-refractivity contribution in [2.24, 2.45) is 0 Å². The summed E-state index contributed by atoms with van der Waals surface area (Å²) in [5.74, 6) is -1.19. The first-order valence-electron chi connectivity index (χ1n) is 6.85. The molecule has 9 nitrogen and oxygen atoms in total. The van der Waals surface area contributed by atoms with Crippen molar-refractivity contribution in [2.45, 2.75) is 25.7 Å². The third kappa shape index (κ3) is 4.42. The van der Waals surface area contributed by atoms with Gasteiger partial charge in [0.05, 0.1) is 0 Å². The second-order valence-corrected chi connectivity index (χ2v) is 4.99. The molecule has 0 spiro atoms. The lowest BCUT2D eigenvalue weighted by atomic mass is 10.4. The molecule has 0 saturated carbocycles. The van der Waals surface area contributed by atoms with Gasteiger partial charge in [0.15, 0.2) is 0 Å². The minimum absolute atomic E-state index is 0.0678. The largest absolute Gasteiger partial charge is 0.333 e. The van der Waals surface area contributed by atoms with Crippen LogP contribution in [0.4, 0.5) is 0 Å². The van der Waals surface area contributed by atoms with Crippen LogP contribution in [-0.4, -0.2) is 59.6 Å². The Bertz CT molecular complexity index is 413. The molecule has 0 aliphatic carbocycles. The van der Waals surface area contributed by atoms with Crippen LogP contribution in [0.2, 0.25) is 0 Å². The number of hydrogen-bond donors (Lipinski definition) is 2. The molecule has 0 atom stereocenters. The zero-order chi connectivity index (χ0) is 15.2. The Morgan fingerprint density at radius 2 is 1.33 bits per heavy atom. The molecule has 2 saturated heterocycles. The van der Waals surface area contributed by atoms with Crippen molar-refractivity contribution in [1.82, 2.24) is 20.8 Å². The van der Waals surface area contributed by atoms with Gasteiger partial charge in [0.2, 0.25) is 11.8 Å². The number of rotatable bonds is 6. The molecule has 2 rings (SSSR count). The predicted octanol–water partition coefficient (Wildman–Crippen LogP) is -1.69. The summed E-state index contributed by atoms with van der Waals surface area (Å²) >= 11 is 0. The SMILES string of the molecule is O=C(CN1CCCC1=O)NONC(=O)CN1CCCC1=O. The van der Waals surface area contributed by atoms with Crippen LogP contribution in [0, 0.1) is 0 Å². The Morgan fingerprint density at radius 1 is 0.905 bits per heavy atom. The standard InChI is InChI=1S/C12H18N4O5/c17-9(7-15-5-1-3-11(15)19)13-21-14-10(18)8-16-6-2-4-12(16)20/h1-8H2,(H,13,17)(H,14,18). The Balaban J connectivity index is 1.60. The van der Waals surface area contributed by atoms with Gasteiger partial charge < -0.3 is 9.80 Å². The summed E-state index contributed by atoms with van der Waals surface area (Å²) in [6.07, 6.45) is 2.39. The fourth-order valence-electron chi connectivity index (χ4n) is 2.29. The van der Waals surface area contributed by atoms with Crippen LogP contribution in [-0.2, 0) is 24.1 Å². The van der Waals surface area contributed by atoms with Crippen LogP contribution in [0.15, 0.2) is 0 Å². The second kappa shape index (κ2) is 7.02. The van der Waals surface area contributed by atoms with Gasteiger partial charge >= 0.3 is 0 Å². The summed E-state index contributed by atoms with van der Waals surface area (Å²) in [5, 5.41) is 0. The number of likely N-dealkylation sites (tertiary alicyclic amines) is 2. The highest BCUT2D eigenvalue weighted by Gasteiger charge is 2.23. The highest BCUT2D eigenvalue weighted by molar-refractivity contribution is 5.86. The van der Waals surface area contributed by atoms with Gasteiger partial charge in [-0.2, -0.15) is 4.94 Å². The minimum Gasteiger partial charge on any atom is -0.333 e. The maximum atomic E-state index is 11.5. The normalized spacial score (nSPS) is 18.3. The number of hydroxylamine groups is 2. The van der Waals surface area contributed by atoms with E-state index in [0.717, 1.165) is 12.8 Å². The molecule has 0 aromatic rings. The van der Waals surface area contributed by atoms with E-state index in [-0.39, 0.29) is 24.9 Å². The monoisotopic (exact) mass is 298 g/mol. The molecule has 0 bridgehead atoms. The average molecular weight is 298 g/mol. The number of nitrogens with zero attached hydrogens (tertiary/aromatic N) is 2. The van der Waals surface area contributed by atoms with E-state index in [4.69, 9.17) is 0 Å². The molecule has 4 amide bonds. The van der Waals surface area contributed by atoms with Crippen molar-refractivity contribution < 1.29 is 24.1 Å². The van der Waals surface area contributed by atoms with Gasteiger partial charge in [-0.1, -0.05) is 0 Å². The van der Waals surface area contributed by atoms with Crippen molar-refractivity contribution in [3.63, 3.8) is 0 Å². The van der Waals surface area contributed by atoms with Gasteiger partial charge in [0.1, 0.15) is 13.1 Å². The van der Waals surface area contributed by atoms with Crippen molar-refractivity contribution >= 4 is 23.6 Å². The van der Waals surface area contributed by atoms with E-state index in [1.54, 1.807) is 0 Å². The summed E-state index contributed by atoms with van der Waals surface area (Å²) < 4.78 is 0. The van der Waals surface area contributed by atoms with Gasteiger partial charge in [-0.3, -0.25) is 19.2 Å². The molecular weight excluding hydrogens is 280 g/mol.